The summed E-state index contributed by atoms with van der Waals surface area (Å²) in [6.07, 6.45) is 4.49. The van der Waals surface area contributed by atoms with E-state index in [4.69, 9.17) is 44.6 Å². The van der Waals surface area contributed by atoms with Crippen LogP contribution in [0.4, 0.5) is 0 Å². The molecule has 3 aromatic rings. The van der Waals surface area contributed by atoms with Gasteiger partial charge in [-0.2, -0.15) is 4.68 Å². The van der Waals surface area contributed by atoms with Crippen molar-refractivity contribution < 1.29 is 9.84 Å². The minimum Gasteiger partial charge on any atom is -0.486 e. The lowest BCUT2D eigenvalue weighted by atomic mass is 10.2. The number of hydrogen-bond donors (Lipinski definition) is 1. The summed E-state index contributed by atoms with van der Waals surface area (Å²) in [6, 6.07) is 3.27. The quantitative estimate of drug-likeness (QED) is 0.678. The molecular weight excluding hydrogens is 377 g/mol. The van der Waals surface area contributed by atoms with Gasteiger partial charge in [-0.3, -0.25) is 0 Å². The van der Waals surface area contributed by atoms with Gasteiger partial charge in [0.25, 0.3) is 5.95 Å². The lowest BCUT2D eigenvalue weighted by Gasteiger charge is -2.10. The van der Waals surface area contributed by atoms with Crippen LogP contribution in [0, 0.1) is 0 Å². The minimum absolute atomic E-state index is 0.124. The van der Waals surface area contributed by atoms with Crippen molar-refractivity contribution in [3.8, 4) is 11.7 Å². The summed E-state index contributed by atoms with van der Waals surface area (Å²) in [4.78, 5) is 8.24. The first-order valence-corrected chi connectivity index (χ1v) is 7.81. The number of aliphatic hydroxyl groups is 1. The van der Waals surface area contributed by atoms with Gasteiger partial charge >= 0.3 is 0 Å². The maximum absolute atomic E-state index is 8.98. The molecule has 1 N–H and O–H groups in total. The Labute approximate surface area is 151 Å². The normalized spacial score (nSPS) is 10.8. The van der Waals surface area contributed by atoms with E-state index < -0.39 is 0 Å². The van der Waals surface area contributed by atoms with Crippen LogP contribution in [-0.2, 0) is 13.2 Å². The van der Waals surface area contributed by atoms with Crippen LogP contribution in [0.1, 0.15) is 11.3 Å². The lowest BCUT2D eigenvalue weighted by molar-refractivity contribution is 0.276. The largest absolute Gasteiger partial charge is 0.486 e. The number of hydrogen-bond acceptors (Lipinski definition) is 6. The highest BCUT2D eigenvalue weighted by molar-refractivity contribution is 6.44. The van der Waals surface area contributed by atoms with Crippen LogP contribution in [0.15, 0.2) is 30.7 Å². The van der Waals surface area contributed by atoms with Crippen LogP contribution in [-0.4, -0.2) is 30.1 Å². The average Bonchev–Trinajstić information content (AvgIpc) is 3.08. The third-order valence-corrected chi connectivity index (χ3v) is 4.24. The molecule has 0 fully saturated rings. The second-order valence-electron chi connectivity index (χ2n) is 4.64. The zero-order valence-corrected chi connectivity index (χ0v) is 14.3. The summed E-state index contributed by atoms with van der Waals surface area (Å²) in [5.41, 5.74) is 1.00. The van der Waals surface area contributed by atoms with E-state index in [2.05, 4.69) is 20.3 Å². The Morgan fingerprint density at radius 1 is 1.08 bits per heavy atom. The molecule has 1 aromatic carbocycles. The van der Waals surface area contributed by atoms with Crippen LogP contribution in [0.5, 0.6) is 5.75 Å². The zero-order chi connectivity index (χ0) is 17.1. The molecule has 0 saturated heterocycles. The van der Waals surface area contributed by atoms with Gasteiger partial charge in [-0.15, -0.1) is 5.10 Å². The number of halogens is 3. The number of ether oxygens (including phenoxy) is 1. The average molecular weight is 387 g/mol. The van der Waals surface area contributed by atoms with Crippen LogP contribution in [0.2, 0.25) is 15.1 Å². The van der Waals surface area contributed by atoms with Gasteiger partial charge < -0.3 is 9.84 Å². The molecule has 0 saturated carbocycles. The van der Waals surface area contributed by atoms with Crippen LogP contribution < -0.4 is 4.74 Å². The van der Waals surface area contributed by atoms with Gasteiger partial charge in [0.2, 0.25) is 0 Å². The van der Waals surface area contributed by atoms with Crippen molar-refractivity contribution in [3.63, 3.8) is 0 Å². The van der Waals surface area contributed by atoms with Crippen LogP contribution in [0.25, 0.3) is 5.95 Å². The first kappa shape index (κ1) is 16.9. The number of aliphatic hydroxyl groups excluding tert-OH is 1. The van der Waals surface area contributed by atoms with Crippen molar-refractivity contribution >= 4 is 34.8 Å². The minimum atomic E-state index is -0.206. The van der Waals surface area contributed by atoms with Gasteiger partial charge in [-0.1, -0.05) is 40.0 Å². The Kier molecular flexibility index (Phi) is 5.15. The molecule has 10 heteroatoms. The van der Waals surface area contributed by atoms with Crippen molar-refractivity contribution in [2.45, 2.75) is 13.2 Å². The van der Waals surface area contributed by atoms with E-state index in [9.17, 15) is 0 Å². The van der Waals surface area contributed by atoms with E-state index in [1.54, 1.807) is 12.1 Å². The second kappa shape index (κ2) is 7.31. The van der Waals surface area contributed by atoms with E-state index >= 15 is 0 Å². The van der Waals surface area contributed by atoms with Crippen molar-refractivity contribution in [1.29, 1.82) is 0 Å². The summed E-state index contributed by atoms with van der Waals surface area (Å²) in [7, 11) is 0. The summed E-state index contributed by atoms with van der Waals surface area (Å²) < 4.78 is 6.94. The summed E-state index contributed by atoms with van der Waals surface area (Å²) in [6.45, 7) is -0.0821. The smallest absolute Gasteiger partial charge is 0.252 e. The standard InChI is InChI=1S/C14H10Cl3N5O2/c15-11-1-2-12(16)13(17)10(11)7-24-9-3-18-14(19-4-9)22-5-8(6-23)20-21-22/h1-5,23H,6-7H2. The number of nitrogens with zero attached hydrogens (tertiary/aromatic N) is 5. The van der Waals surface area contributed by atoms with E-state index in [-0.39, 0.29) is 13.2 Å². The molecule has 124 valence electrons. The molecule has 0 spiro atoms. The summed E-state index contributed by atoms with van der Waals surface area (Å²) in [5, 5.41) is 17.7. The maximum atomic E-state index is 8.98. The highest BCUT2D eigenvalue weighted by Gasteiger charge is 2.11. The molecule has 7 nitrogen and oxygen atoms in total. The molecule has 2 heterocycles. The Morgan fingerprint density at radius 2 is 1.79 bits per heavy atom. The van der Waals surface area contributed by atoms with Gasteiger partial charge in [0.05, 0.1) is 35.2 Å². The number of benzene rings is 1. The first-order valence-electron chi connectivity index (χ1n) is 6.68. The predicted molar refractivity (Wildman–Crippen MR) is 88.7 cm³/mol. The molecule has 3 rings (SSSR count). The topological polar surface area (TPSA) is 86.0 Å². The van der Waals surface area contributed by atoms with Crippen molar-refractivity contribution in [1.82, 2.24) is 25.0 Å². The van der Waals surface area contributed by atoms with Gasteiger partial charge in [0.1, 0.15) is 12.3 Å². The van der Waals surface area contributed by atoms with Crippen LogP contribution in [0.3, 0.4) is 0 Å². The SMILES string of the molecule is OCc1cn(-c2ncc(OCc3c(Cl)ccc(Cl)c3Cl)cn2)nn1. The fourth-order valence-electron chi connectivity index (χ4n) is 1.83. The molecule has 0 radical (unpaired) electrons. The molecule has 24 heavy (non-hydrogen) atoms. The van der Waals surface area contributed by atoms with Gasteiger partial charge in [-0.05, 0) is 12.1 Å². The molecule has 0 unspecified atom stereocenters. The fourth-order valence-corrected chi connectivity index (χ4v) is 2.48. The van der Waals surface area contributed by atoms with Gasteiger partial charge in [0, 0.05) is 10.6 Å². The third kappa shape index (κ3) is 3.59. The molecule has 0 aliphatic rings. The summed E-state index contributed by atoms with van der Waals surface area (Å²) >= 11 is 18.2. The van der Waals surface area contributed by atoms with Crippen LogP contribution >= 0.6 is 34.8 Å². The van der Waals surface area contributed by atoms with Crippen molar-refractivity contribution in [2.24, 2.45) is 0 Å². The van der Waals surface area contributed by atoms with Gasteiger partial charge in [0.15, 0.2) is 5.75 Å². The Bertz CT molecular complexity index is 854. The van der Waals surface area contributed by atoms with Crippen molar-refractivity contribution in [3.05, 3.63) is 57.0 Å². The molecule has 0 aliphatic heterocycles. The maximum Gasteiger partial charge on any atom is 0.252 e. The number of rotatable bonds is 5. The Morgan fingerprint density at radius 3 is 2.46 bits per heavy atom. The molecule has 0 bridgehead atoms. The summed E-state index contributed by atoms with van der Waals surface area (Å²) in [5.74, 6) is 0.724. The van der Waals surface area contributed by atoms with E-state index in [1.807, 2.05) is 0 Å². The highest BCUT2D eigenvalue weighted by atomic mass is 35.5. The third-order valence-electron chi connectivity index (χ3n) is 3.04. The van der Waals surface area contributed by atoms with Crippen molar-refractivity contribution in [2.75, 3.05) is 0 Å². The molecular formula is C14H10Cl3N5O2. The van der Waals surface area contributed by atoms with Gasteiger partial charge in [-0.25, -0.2) is 9.97 Å². The molecule has 0 amide bonds. The van der Waals surface area contributed by atoms with E-state index in [1.165, 1.54) is 23.3 Å². The highest BCUT2D eigenvalue weighted by Crippen LogP contribution is 2.32. The second-order valence-corrected chi connectivity index (χ2v) is 5.83. The van der Waals surface area contributed by atoms with E-state index in [0.717, 1.165) is 0 Å². The predicted octanol–water partition coefficient (Wildman–Crippen LogP) is 3.09. The lowest BCUT2D eigenvalue weighted by Crippen LogP contribution is -2.03. The van der Waals surface area contributed by atoms with E-state index in [0.29, 0.717) is 38.0 Å². The fraction of sp³-hybridized carbons (Fsp3) is 0.143. The molecule has 0 aliphatic carbocycles. The molecule has 0 atom stereocenters. The first-order chi connectivity index (χ1) is 11.6. The Balaban J connectivity index is 1.72. The zero-order valence-electron chi connectivity index (χ0n) is 12.0. The molecule has 2 aromatic heterocycles. The monoisotopic (exact) mass is 385 g/mol. The Hall–Kier alpha value is -1.93. The number of aromatic nitrogens is 5.